The minimum atomic E-state index is -3.67. The highest BCUT2D eigenvalue weighted by Gasteiger charge is 2.11. The Morgan fingerprint density at radius 3 is 2.29 bits per heavy atom. The number of hydrazone groups is 1. The lowest BCUT2D eigenvalue weighted by molar-refractivity contribution is 0.584. The van der Waals surface area contributed by atoms with Gasteiger partial charge in [-0.25, -0.2) is 0 Å². The molecule has 0 amide bonds. The SMILES string of the molecule is CC(=NNS(=O)(=O)c1ccccc1)c1ccc(C#N)cc1. The van der Waals surface area contributed by atoms with Crippen molar-refractivity contribution in [2.75, 3.05) is 0 Å². The molecule has 106 valence electrons. The molecule has 0 aliphatic heterocycles. The molecule has 0 aromatic heterocycles. The van der Waals surface area contributed by atoms with Gasteiger partial charge < -0.3 is 0 Å². The van der Waals surface area contributed by atoms with E-state index < -0.39 is 10.0 Å². The number of hydrogen-bond donors (Lipinski definition) is 1. The largest absolute Gasteiger partial charge is 0.276 e. The zero-order valence-corrected chi connectivity index (χ0v) is 12.1. The van der Waals surface area contributed by atoms with Crippen LogP contribution in [0.2, 0.25) is 0 Å². The zero-order chi connectivity index (χ0) is 15.3. The normalized spacial score (nSPS) is 11.7. The summed E-state index contributed by atoms with van der Waals surface area (Å²) in [5.74, 6) is 0. The van der Waals surface area contributed by atoms with Crippen LogP contribution in [0.25, 0.3) is 0 Å². The fraction of sp³-hybridized carbons (Fsp3) is 0.0667. The Kier molecular flexibility index (Phi) is 4.36. The van der Waals surface area contributed by atoms with Crippen LogP contribution >= 0.6 is 0 Å². The van der Waals surface area contributed by atoms with Gasteiger partial charge >= 0.3 is 0 Å². The van der Waals surface area contributed by atoms with Crippen LogP contribution in [0.5, 0.6) is 0 Å². The molecule has 0 fully saturated rings. The summed E-state index contributed by atoms with van der Waals surface area (Å²) in [6.45, 7) is 1.69. The topological polar surface area (TPSA) is 82.3 Å². The molecule has 2 rings (SSSR count). The van der Waals surface area contributed by atoms with E-state index in [1.165, 1.54) is 12.1 Å². The Labute approximate surface area is 123 Å². The summed E-state index contributed by atoms with van der Waals surface area (Å²) < 4.78 is 24.0. The van der Waals surface area contributed by atoms with Crippen molar-refractivity contribution in [1.29, 1.82) is 5.26 Å². The average Bonchev–Trinajstić information content (AvgIpc) is 2.53. The van der Waals surface area contributed by atoms with Crippen LogP contribution in [0.4, 0.5) is 0 Å². The third kappa shape index (κ3) is 3.68. The molecule has 2 aromatic carbocycles. The number of hydrogen-bond acceptors (Lipinski definition) is 4. The van der Waals surface area contributed by atoms with Crippen LogP contribution in [0, 0.1) is 11.3 Å². The van der Waals surface area contributed by atoms with Gasteiger partial charge in [0.1, 0.15) is 0 Å². The van der Waals surface area contributed by atoms with E-state index >= 15 is 0 Å². The van der Waals surface area contributed by atoms with E-state index in [9.17, 15) is 8.42 Å². The molecule has 0 spiro atoms. The first kappa shape index (κ1) is 14.8. The predicted octanol–water partition coefficient (Wildman–Crippen LogP) is 2.26. The Balaban J connectivity index is 2.18. The fourth-order valence-corrected chi connectivity index (χ4v) is 2.51. The summed E-state index contributed by atoms with van der Waals surface area (Å²) in [6.07, 6.45) is 0. The molecule has 1 N–H and O–H groups in total. The molecule has 21 heavy (non-hydrogen) atoms. The lowest BCUT2D eigenvalue weighted by Crippen LogP contribution is -2.19. The average molecular weight is 299 g/mol. The maximum absolute atomic E-state index is 12.0. The molecule has 0 aliphatic rings. The van der Waals surface area contributed by atoms with Gasteiger partial charge in [-0.15, -0.1) is 0 Å². The van der Waals surface area contributed by atoms with E-state index in [2.05, 4.69) is 9.93 Å². The smallest absolute Gasteiger partial charge is 0.200 e. The first-order chi connectivity index (χ1) is 10.0. The maximum atomic E-state index is 12.0. The first-order valence-corrected chi connectivity index (χ1v) is 7.63. The summed E-state index contributed by atoms with van der Waals surface area (Å²) in [7, 11) is -3.67. The molecule has 0 saturated heterocycles. The van der Waals surface area contributed by atoms with Crippen molar-refractivity contribution < 1.29 is 8.42 Å². The van der Waals surface area contributed by atoms with Crippen molar-refractivity contribution in [3.63, 3.8) is 0 Å². The number of nitriles is 1. The highest BCUT2D eigenvalue weighted by molar-refractivity contribution is 7.89. The van der Waals surface area contributed by atoms with Crippen molar-refractivity contribution in [1.82, 2.24) is 4.83 Å². The Hall–Kier alpha value is -2.65. The monoisotopic (exact) mass is 299 g/mol. The molecule has 0 unspecified atom stereocenters. The van der Waals surface area contributed by atoms with E-state index in [-0.39, 0.29) is 4.90 Å². The minimum absolute atomic E-state index is 0.154. The standard InChI is InChI=1S/C15H13N3O2S/c1-12(14-9-7-13(11-16)8-10-14)17-18-21(19,20)15-5-3-2-4-6-15/h2-10,18H,1H3. The molecular weight excluding hydrogens is 286 g/mol. The molecule has 5 nitrogen and oxygen atoms in total. The van der Waals surface area contributed by atoms with Gasteiger partial charge in [-0.2, -0.15) is 23.6 Å². The molecule has 6 heteroatoms. The lowest BCUT2D eigenvalue weighted by Gasteiger charge is -2.05. The summed E-state index contributed by atoms with van der Waals surface area (Å²) in [5, 5.41) is 12.6. The van der Waals surface area contributed by atoms with Gasteiger partial charge in [-0.1, -0.05) is 30.3 Å². The number of nitrogens with zero attached hydrogens (tertiary/aromatic N) is 2. The van der Waals surface area contributed by atoms with Gasteiger partial charge in [0.15, 0.2) is 0 Å². The van der Waals surface area contributed by atoms with Crippen molar-refractivity contribution in [3.8, 4) is 6.07 Å². The van der Waals surface area contributed by atoms with E-state index in [1.54, 1.807) is 49.4 Å². The van der Waals surface area contributed by atoms with Crippen LogP contribution in [0.3, 0.4) is 0 Å². The second-order valence-electron chi connectivity index (χ2n) is 4.29. The third-order valence-electron chi connectivity index (χ3n) is 2.82. The van der Waals surface area contributed by atoms with Gasteiger partial charge in [0.25, 0.3) is 10.0 Å². The predicted molar refractivity (Wildman–Crippen MR) is 80.1 cm³/mol. The Morgan fingerprint density at radius 1 is 1.10 bits per heavy atom. The van der Waals surface area contributed by atoms with E-state index in [0.29, 0.717) is 11.3 Å². The second-order valence-corrected chi connectivity index (χ2v) is 5.95. The van der Waals surface area contributed by atoms with Crippen molar-refractivity contribution in [3.05, 3.63) is 65.7 Å². The molecule has 0 bridgehead atoms. The summed E-state index contributed by atoms with van der Waals surface area (Å²) in [5.41, 5.74) is 1.79. The van der Waals surface area contributed by atoms with E-state index in [0.717, 1.165) is 5.56 Å². The summed E-state index contributed by atoms with van der Waals surface area (Å²) >= 11 is 0. The van der Waals surface area contributed by atoms with Gasteiger partial charge in [0.2, 0.25) is 0 Å². The van der Waals surface area contributed by atoms with Gasteiger partial charge in [0.05, 0.1) is 22.2 Å². The Bertz CT molecular complexity index is 789. The second kappa shape index (κ2) is 6.20. The summed E-state index contributed by atoms with van der Waals surface area (Å²) in [6, 6.07) is 16.8. The van der Waals surface area contributed by atoms with Crippen LogP contribution in [-0.4, -0.2) is 14.1 Å². The highest BCUT2D eigenvalue weighted by Crippen LogP contribution is 2.08. The quantitative estimate of drug-likeness (QED) is 0.694. The Morgan fingerprint density at radius 2 is 1.71 bits per heavy atom. The molecule has 0 aliphatic carbocycles. The van der Waals surface area contributed by atoms with Gasteiger partial charge in [0, 0.05) is 0 Å². The lowest BCUT2D eigenvalue weighted by atomic mass is 10.1. The zero-order valence-electron chi connectivity index (χ0n) is 11.3. The molecular formula is C15H13N3O2S. The maximum Gasteiger partial charge on any atom is 0.276 e. The number of sulfonamides is 1. The van der Waals surface area contributed by atoms with Crippen LogP contribution in [0.15, 0.2) is 64.6 Å². The summed E-state index contributed by atoms with van der Waals surface area (Å²) in [4.78, 5) is 2.35. The van der Waals surface area contributed by atoms with Gasteiger partial charge in [-0.05, 0) is 36.8 Å². The number of nitrogens with one attached hydrogen (secondary N) is 1. The van der Waals surface area contributed by atoms with Gasteiger partial charge in [-0.3, -0.25) is 0 Å². The highest BCUT2D eigenvalue weighted by atomic mass is 32.2. The van der Waals surface area contributed by atoms with Crippen molar-refractivity contribution >= 4 is 15.7 Å². The molecule has 0 heterocycles. The molecule has 2 aromatic rings. The minimum Gasteiger partial charge on any atom is -0.200 e. The van der Waals surface area contributed by atoms with Crippen LogP contribution < -0.4 is 4.83 Å². The fourth-order valence-electron chi connectivity index (χ4n) is 1.63. The molecule has 0 saturated carbocycles. The molecule has 0 atom stereocenters. The number of benzene rings is 2. The van der Waals surface area contributed by atoms with Crippen molar-refractivity contribution in [2.24, 2.45) is 5.10 Å². The van der Waals surface area contributed by atoms with Crippen LogP contribution in [0.1, 0.15) is 18.1 Å². The van der Waals surface area contributed by atoms with Crippen molar-refractivity contribution in [2.45, 2.75) is 11.8 Å². The molecule has 0 radical (unpaired) electrons. The third-order valence-corrected chi connectivity index (χ3v) is 4.04. The van der Waals surface area contributed by atoms with E-state index in [4.69, 9.17) is 5.26 Å². The van der Waals surface area contributed by atoms with Crippen LogP contribution in [-0.2, 0) is 10.0 Å². The first-order valence-electron chi connectivity index (χ1n) is 6.14. The number of rotatable bonds is 4. The van der Waals surface area contributed by atoms with E-state index in [1.807, 2.05) is 6.07 Å².